The van der Waals surface area contributed by atoms with Crippen molar-refractivity contribution in [1.29, 1.82) is 0 Å². The molecule has 2 rings (SSSR count). The highest BCUT2D eigenvalue weighted by molar-refractivity contribution is 5.79. The fourth-order valence-electron chi connectivity index (χ4n) is 2.32. The number of nitrogens with one attached hydrogen (secondary N) is 1. The Morgan fingerprint density at radius 1 is 1.10 bits per heavy atom. The molecule has 0 aromatic heterocycles. The highest BCUT2D eigenvalue weighted by atomic mass is 16.5. The molecule has 0 radical (unpaired) electrons. The first kappa shape index (κ1) is 14.9. The van der Waals surface area contributed by atoms with Crippen LogP contribution in [-0.2, 0) is 4.79 Å². The summed E-state index contributed by atoms with van der Waals surface area (Å²) in [5.74, 6) is -0.172. The van der Waals surface area contributed by atoms with Crippen LogP contribution in [0.2, 0.25) is 0 Å². The van der Waals surface area contributed by atoms with Gasteiger partial charge in [-0.1, -0.05) is 29.3 Å². The molecule has 4 nitrogen and oxygen atoms in total. The number of ether oxygens (including phenoxy) is 1. The summed E-state index contributed by atoms with van der Waals surface area (Å²) in [6.07, 6.45) is 0. The summed E-state index contributed by atoms with van der Waals surface area (Å²) in [6, 6.07) is 12.2. The Balaban J connectivity index is 2.28. The average Bonchev–Trinajstić information content (AvgIpc) is 2.44. The van der Waals surface area contributed by atoms with E-state index in [9.17, 15) is 9.90 Å². The van der Waals surface area contributed by atoms with Crippen molar-refractivity contribution in [1.82, 2.24) is 0 Å². The molecule has 21 heavy (non-hydrogen) atoms. The largest absolute Gasteiger partial charge is 0.497 e. The number of hydrogen-bond acceptors (Lipinski definition) is 3. The molecular formula is C17H19NO3. The van der Waals surface area contributed by atoms with Crippen LogP contribution in [0, 0.1) is 13.8 Å². The Kier molecular flexibility index (Phi) is 4.48. The second-order valence-electron chi connectivity index (χ2n) is 5.07. The predicted octanol–water partition coefficient (Wildman–Crippen LogP) is 3.55. The fraction of sp³-hybridized carbons (Fsp3) is 0.235. The first-order chi connectivity index (χ1) is 9.99. The van der Waals surface area contributed by atoms with E-state index in [1.54, 1.807) is 31.4 Å². The Bertz CT molecular complexity index is 615. The van der Waals surface area contributed by atoms with Gasteiger partial charge in [0.25, 0.3) is 0 Å². The lowest BCUT2D eigenvalue weighted by molar-refractivity contribution is -0.138. The maximum Gasteiger partial charge on any atom is 0.330 e. The number of carbonyl (C=O) groups is 1. The van der Waals surface area contributed by atoms with Gasteiger partial charge in [0.05, 0.1) is 7.11 Å². The molecule has 2 N–H and O–H groups in total. The standard InChI is InChI=1S/C17H19NO3/c1-11-8-12(2)10-13(9-11)16(17(19)20)18-14-4-6-15(21-3)7-5-14/h4-10,16,18H,1-3H3,(H,19,20). The van der Waals surface area contributed by atoms with Gasteiger partial charge in [0.15, 0.2) is 6.04 Å². The van der Waals surface area contributed by atoms with E-state index in [2.05, 4.69) is 5.32 Å². The number of hydrogen-bond donors (Lipinski definition) is 2. The molecule has 2 aromatic rings. The highest BCUT2D eigenvalue weighted by Gasteiger charge is 2.20. The number of benzene rings is 2. The zero-order chi connectivity index (χ0) is 15.4. The highest BCUT2D eigenvalue weighted by Crippen LogP contribution is 2.23. The third-order valence-electron chi connectivity index (χ3n) is 3.23. The lowest BCUT2D eigenvalue weighted by atomic mass is 10.0. The number of carboxylic acid groups (broad SMARTS) is 1. The van der Waals surface area contributed by atoms with Gasteiger partial charge in [-0.25, -0.2) is 4.79 Å². The van der Waals surface area contributed by atoms with Crippen LogP contribution >= 0.6 is 0 Å². The minimum Gasteiger partial charge on any atom is -0.497 e. The van der Waals surface area contributed by atoms with Crippen LogP contribution in [0.4, 0.5) is 5.69 Å². The molecular weight excluding hydrogens is 266 g/mol. The van der Waals surface area contributed by atoms with Gasteiger partial charge in [0, 0.05) is 5.69 Å². The summed E-state index contributed by atoms with van der Waals surface area (Å²) in [5.41, 5.74) is 3.58. The molecule has 0 fully saturated rings. The van der Waals surface area contributed by atoms with Crippen LogP contribution in [-0.4, -0.2) is 18.2 Å². The third kappa shape index (κ3) is 3.75. The van der Waals surface area contributed by atoms with Gasteiger partial charge in [-0.15, -0.1) is 0 Å². The minimum atomic E-state index is -0.907. The second-order valence-corrected chi connectivity index (χ2v) is 5.07. The van der Waals surface area contributed by atoms with E-state index < -0.39 is 12.0 Å². The van der Waals surface area contributed by atoms with E-state index >= 15 is 0 Å². The molecule has 0 heterocycles. The second kappa shape index (κ2) is 6.31. The van der Waals surface area contributed by atoms with E-state index in [1.165, 1.54) is 0 Å². The van der Waals surface area contributed by atoms with E-state index in [0.717, 1.165) is 28.1 Å². The third-order valence-corrected chi connectivity index (χ3v) is 3.23. The molecule has 0 amide bonds. The van der Waals surface area contributed by atoms with Gasteiger partial charge in [-0.3, -0.25) is 0 Å². The van der Waals surface area contributed by atoms with Gasteiger partial charge in [0.1, 0.15) is 5.75 Å². The van der Waals surface area contributed by atoms with Crippen molar-refractivity contribution in [2.75, 3.05) is 12.4 Å². The molecule has 0 saturated carbocycles. The molecule has 0 bridgehead atoms. The van der Waals surface area contributed by atoms with Crippen LogP contribution in [0.5, 0.6) is 5.75 Å². The fourth-order valence-corrected chi connectivity index (χ4v) is 2.32. The summed E-state index contributed by atoms with van der Waals surface area (Å²) < 4.78 is 5.09. The normalized spacial score (nSPS) is 11.8. The Morgan fingerprint density at radius 3 is 2.14 bits per heavy atom. The number of methoxy groups -OCH3 is 1. The molecule has 0 aliphatic carbocycles. The summed E-state index contributed by atoms with van der Waals surface area (Å²) in [7, 11) is 1.60. The van der Waals surface area contributed by atoms with Gasteiger partial charge < -0.3 is 15.2 Å². The molecule has 2 aromatic carbocycles. The molecule has 4 heteroatoms. The Labute approximate surface area is 124 Å². The van der Waals surface area contributed by atoms with Gasteiger partial charge >= 0.3 is 5.97 Å². The number of aliphatic carboxylic acids is 1. The number of rotatable bonds is 5. The van der Waals surface area contributed by atoms with Crippen molar-refractivity contribution < 1.29 is 14.6 Å². The zero-order valence-corrected chi connectivity index (χ0v) is 12.4. The molecule has 0 saturated heterocycles. The monoisotopic (exact) mass is 285 g/mol. The first-order valence-corrected chi connectivity index (χ1v) is 6.71. The Hall–Kier alpha value is -2.49. The van der Waals surface area contributed by atoms with Crippen LogP contribution < -0.4 is 10.1 Å². The van der Waals surface area contributed by atoms with Crippen molar-refractivity contribution in [2.24, 2.45) is 0 Å². The van der Waals surface area contributed by atoms with Gasteiger partial charge in [-0.05, 0) is 43.7 Å². The molecule has 1 atom stereocenters. The SMILES string of the molecule is COc1ccc(NC(C(=O)O)c2cc(C)cc(C)c2)cc1. The van der Waals surface area contributed by atoms with Gasteiger partial charge in [-0.2, -0.15) is 0 Å². The first-order valence-electron chi connectivity index (χ1n) is 6.71. The molecule has 0 aliphatic heterocycles. The van der Waals surface area contributed by atoms with Crippen molar-refractivity contribution in [3.05, 3.63) is 59.2 Å². The van der Waals surface area contributed by atoms with Crippen molar-refractivity contribution in [2.45, 2.75) is 19.9 Å². The summed E-state index contributed by atoms with van der Waals surface area (Å²) in [4.78, 5) is 11.6. The summed E-state index contributed by atoms with van der Waals surface area (Å²) in [6.45, 7) is 3.92. The van der Waals surface area contributed by atoms with Crippen molar-refractivity contribution >= 4 is 11.7 Å². The number of anilines is 1. The maximum atomic E-state index is 11.6. The van der Waals surface area contributed by atoms with Crippen LogP contribution in [0.15, 0.2) is 42.5 Å². The Morgan fingerprint density at radius 2 is 1.67 bits per heavy atom. The van der Waals surface area contributed by atoms with Crippen molar-refractivity contribution in [3.63, 3.8) is 0 Å². The van der Waals surface area contributed by atoms with Crippen molar-refractivity contribution in [3.8, 4) is 5.75 Å². The lowest BCUT2D eigenvalue weighted by Gasteiger charge is -2.17. The molecule has 0 aliphatic rings. The molecule has 0 spiro atoms. The van der Waals surface area contributed by atoms with Crippen LogP contribution in [0.25, 0.3) is 0 Å². The zero-order valence-electron chi connectivity index (χ0n) is 12.4. The predicted molar refractivity (Wildman–Crippen MR) is 82.9 cm³/mol. The topological polar surface area (TPSA) is 58.6 Å². The maximum absolute atomic E-state index is 11.6. The lowest BCUT2D eigenvalue weighted by Crippen LogP contribution is -2.20. The number of carboxylic acids is 1. The molecule has 110 valence electrons. The van der Waals surface area contributed by atoms with E-state index in [-0.39, 0.29) is 0 Å². The summed E-state index contributed by atoms with van der Waals surface area (Å²) >= 11 is 0. The van der Waals surface area contributed by atoms with Crippen LogP contribution in [0.1, 0.15) is 22.7 Å². The van der Waals surface area contributed by atoms with E-state index in [1.807, 2.05) is 32.0 Å². The smallest absolute Gasteiger partial charge is 0.330 e. The molecule has 1 unspecified atom stereocenters. The average molecular weight is 285 g/mol. The van der Waals surface area contributed by atoms with E-state index in [4.69, 9.17) is 4.74 Å². The minimum absolute atomic E-state index is 0.735. The number of aryl methyl sites for hydroxylation is 2. The van der Waals surface area contributed by atoms with Crippen LogP contribution in [0.3, 0.4) is 0 Å². The van der Waals surface area contributed by atoms with E-state index in [0.29, 0.717) is 0 Å². The quantitative estimate of drug-likeness (QED) is 0.882. The van der Waals surface area contributed by atoms with Gasteiger partial charge in [0.2, 0.25) is 0 Å². The summed E-state index contributed by atoms with van der Waals surface area (Å²) in [5, 5.41) is 12.5.